The summed E-state index contributed by atoms with van der Waals surface area (Å²) in [5.74, 6) is -0.928. The smallest absolute Gasteiger partial charge is 0.306 e. The maximum Gasteiger partial charge on any atom is 0.306 e. The van der Waals surface area contributed by atoms with E-state index in [1.807, 2.05) is 56.2 Å². The topological polar surface area (TPSA) is 132 Å². The van der Waals surface area contributed by atoms with Crippen LogP contribution in [0.1, 0.15) is 193 Å². The average molecular weight is 837 g/mol. The number of rotatable bonds is 41. The molecule has 3 heterocycles. The van der Waals surface area contributed by atoms with Gasteiger partial charge in [0.15, 0.2) is 6.10 Å². The zero-order valence-corrected chi connectivity index (χ0v) is 37.2. The van der Waals surface area contributed by atoms with Crippen molar-refractivity contribution < 1.29 is 28.6 Å². The van der Waals surface area contributed by atoms with Crippen LogP contribution < -0.4 is 0 Å². The molecular formula is C48H80N6O6. The molecule has 0 aliphatic heterocycles. The van der Waals surface area contributed by atoms with Crippen molar-refractivity contribution in [2.45, 2.75) is 218 Å². The van der Waals surface area contributed by atoms with Crippen molar-refractivity contribution in [2.24, 2.45) is 0 Å². The quantitative estimate of drug-likeness (QED) is 0.0311. The standard InChI is InChI=1S/C48H80N6O6/c55-46(28-22-16-10-4-1-7-13-19-25-34-52-37-31-49-42-52)58-40-45(60-48(57)30-24-18-12-6-3-9-15-21-27-36-54-39-33-51-44-54)41-59-47(56)29-23-17-11-5-2-8-14-20-26-35-53-38-32-50-43-53/h31-33,37-39,42-45H,1-30,34-36,40-41H2. The molecular weight excluding hydrogens is 757 g/mol. The van der Waals surface area contributed by atoms with Crippen molar-refractivity contribution in [3.05, 3.63) is 56.2 Å². The van der Waals surface area contributed by atoms with Crippen LogP contribution in [0.2, 0.25) is 0 Å². The van der Waals surface area contributed by atoms with Crippen LogP contribution >= 0.6 is 0 Å². The molecule has 0 unspecified atom stereocenters. The molecule has 0 aliphatic carbocycles. The number of aromatic nitrogens is 6. The molecule has 0 saturated heterocycles. The van der Waals surface area contributed by atoms with Crippen LogP contribution in [0.4, 0.5) is 0 Å². The fraction of sp³-hybridized carbons (Fsp3) is 0.750. The van der Waals surface area contributed by atoms with Crippen LogP contribution in [-0.4, -0.2) is 65.9 Å². The summed E-state index contributed by atoms with van der Waals surface area (Å²) < 4.78 is 23.2. The van der Waals surface area contributed by atoms with Crippen molar-refractivity contribution in [1.82, 2.24) is 28.7 Å². The number of carbonyl (C=O) groups excluding carboxylic acids is 3. The first kappa shape index (κ1) is 50.4. The van der Waals surface area contributed by atoms with Crippen molar-refractivity contribution in [1.29, 1.82) is 0 Å². The predicted molar refractivity (Wildman–Crippen MR) is 237 cm³/mol. The molecule has 338 valence electrons. The molecule has 12 heteroatoms. The maximum atomic E-state index is 12.8. The van der Waals surface area contributed by atoms with E-state index in [2.05, 4.69) is 28.7 Å². The third-order valence-electron chi connectivity index (χ3n) is 11.2. The van der Waals surface area contributed by atoms with E-state index < -0.39 is 6.10 Å². The Balaban J connectivity index is 1.21. The molecule has 60 heavy (non-hydrogen) atoms. The third-order valence-corrected chi connectivity index (χ3v) is 11.2. The van der Waals surface area contributed by atoms with Gasteiger partial charge in [-0.25, -0.2) is 15.0 Å². The molecule has 0 aliphatic rings. The molecule has 12 nitrogen and oxygen atoms in total. The fourth-order valence-corrected chi connectivity index (χ4v) is 7.54. The van der Waals surface area contributed by atoms with Gasteiger partial charge in [0, 0.05) is 76.1 Å². The second-order valence-electron chi connectivity index (χ2n) is 16.7. The zero-order chi connectivity index (χ0) is 42.4. The Hall–Kier alpha value is -3.96. The number of hydrogen-bond acceptors (Lipinski definition) is 9. The molecule has 0 aromatic carbocycles. The summed E-state index contributed by atoms with van der Waals surface area (Å²) in [7, 11) is 0. The van der Waals surface area contributed by atoms with Gasteiger partial charge in [0.25, 0.3) is 0 Å². The Morgan fingerprint density at radius 3 is 0.917 bits per heavy atom. The number of hydrogen-bond donors (Lipinski definition) is 0. The molecule has 0 N–H and O–H groups in total. The highest BCUT2D eigenvalue weighted by molar-refractivity contribution is 5.71. The van der Waals surface area contributed by atoms with Crippen molar-refractivity contribution >= 4 is 17.9 Å². The summed E-state index contributed by atoms with van der Waals surface area (Å²) in [6.07, 6.45) is 47.9. The molecule has 3 aromatic rings. The lowest BCUT2D eigenvalue weighted by atomic mass is 10.1. The first-order valence-electron chi connectivity index (χ1n) is 24.0. The van der Waals surface area contributed by atoms with Gasteiger partial charge in [-0.1, -0.05) is 135 Å². The number of imidazole rings is 3. The van der Waals surface area contributed by atoms with Crippen molar-refractivity contribution in [2.75, 3.05) is 13.2 Å². The van der Waals surface area contributed by atoms with Gasteiger partial charge < -0.3 is 27.9 Å². The minimum Gasteiger partial charge on any atom is -0.462 e. The van der Waals surface area contributed by atoms with E-state index >= 15 is 0 Å². The van der Waals surface area contributed by atoms with Crippen LogP contribution in [-0.2, 0) is 48.2 Å². The number of ether oxygens (including phenoxy) is 3. The average Bonchev–Trinajstić information content (AvgIpc) is 4.08. The van der Waals surface area contributed by atoms with Crippen LogP contribution in [0, 0.1) is 0 Å². The summed E-state index contributed by atoms with van der Waals surface area (Å²) in [6.45, 7) is 2.93. The molecule has 0 fully saturated rings. The number of esters is 3. The lowest BCUT2D eigenvalue weighted by molar-refractivity contribution is -0.167. The Morgan fingerprint density at radius 1 is 0.367 bits per heavy atom. The van der Waals surface area contributed by atoms with Gasteiger partial charge in [0.2, 0.25) is 0 Å². The molecule has 0 spiro atoms. The van der Waals surface area contributed by atoms with Gasteiger partial charge in [-0.05, 0) is 38.5 Å². The minimum atomic E-state index is -0.793. The van der Waals surface area contributed by atoms with Gasteiger partial charge in [-0.15, -0.1) is 0 Å². The number of aryl methyl sites for hydroxylation is 3. The lowest BCUT2D eigenvalue weighted by Crippen LogP contribution is -2.30. The second kappa shape index (κ2) is 35.8. The summed E-state index contributed by atoms with van der Waals surface area (Å²) in [5.41, 5.74) is 0. The maximum absolute atomic E-state index is 12.8. The zero-order valence-electron chi connectivity index (χ0n) is 37.2. The van der Waals surface area contributed by atoms with E-state index in [0.717, 1.165) is 77.4 Å². The van der Waals surface area contributed by atoms with Gasteiger partial charge >= 0.3 is 17.9 Å². The predicted octanol–water partition coefficient (Wildman–Crippen LogP) is 11.4. The largest absolute Gasteiger partial charge is 0.462 e. The van der Waals surface area contributed by atoms with Gasteiger partial charge in [0.05, 0.1) is 19.0 Å². The lowest BCUT2D eigenvalue weighted by Gasteiger charge is -2.18. The van der Waals surface area contributed by atoms with E-state index in [1.54, 1.807) is 0 Å². The van der Waals surface area contributed by atoms with E-state index in [-0.39, 0.29) is 31.1 Å². The van der Waals surface area contributed by atoms with Crippen molar-refractivity contribution in [3.8, 4) is 0 Å². The Morgan fingerprint density at radius 2 is 0.633 bits per heavy atom. The van der Waals surface area contributed by atoms with Crippen LogP contribution in [0.25, 0.3) is 0 Å². The normalized spacial score (nSPS) is 11.3. The number of carbonyl (C=O) groups is 3. The van der Waals surface area contributed by atoms with Gasteiger partial charge in [-0.3, -0.25) is 14.4 Å². The molecule has 0 bridgehead atoms. The Kier molecular flexibility index (Phi) is 30.0. The van der Waals surface area contributed by atoms with E-state index in [4.69, 9.17) is 14.2 Å². The first-order chi connectivity index (χ1) is 29.6. The van der Waals surface area contributed by atoms with Gasteiger partial charge in [-0.2, -0.15) is 0 Å². The van der Waals surface area contributed by atoms with Crippen molar-refractivity contribution in [3.63, 3.8) is 0 Å². The van der Waals surface area contributed by atoms with E-state index in [0.29, 0.717) is 19.3 Å². The number of nitrogens with zero attached hydrogens (tertiary/aromatic N) is 6. The van der Waals surface area contributed by atoms with Gasteiger partial charge in [0.1, 0.15) is 13.2 Å². The highest BCUT2D eigenvalue weighted by atomic mass is 16.6. The summed E-state index contributed by atoms with van der Waals surface area (Å²) in [4.78, 5) is 50.2. The Labute approximate surface area is 362 Å². The molecule has 0 amide bonds. The number of unbranched alkanes of at least 4 members (excludes halogenated alkanes) is 24. The molecule has 3 aromatic heterocycles. The van der Waals surface area contributed by atoms with E-state index in [1.165, 1.54) is 116 Å². The SMILES string of the molecule is O=C(CCCCCCCCCCCn1ccnc1)OCC(COC(=O)CCCCCCCCCCCn1ccnc1)OC(=O)CCCCCCCCCCCn1ccnc1. The van der Waals surface area contributed by atoms with E-state index in [9.17, 15) is 14.4 Å². The van der Waals surface area contributed by atoms with Crippen LogP contribution in [0.15, 0.2) is 56.2 Å². The molecule has 0 radical (unpaired) electrons. The Bertz CT molecular complexity index is 1340. The fourth-order valence-electron chi connectivity index (χ4n) is 7.54. The highest BCUT2D eigenvalue weighted by Crippen LogP contribution is 2.15. The van der Waals surface area contributed by atoms with Crippen LogP contribution in [0.5, 0.6) is 0 Å². The summed E-state index contributed by atoms with van der Waals surface area (Å²) in [5, 5.41) is 0. The summed E-state index contributed by atoms with van der Waals surface area (Å²) in [6, 6.07) is 0. The van der Waals surface area contributed by atoms with Crippen LogP contribution in [0.3, 0.4) is 0 Å². The summed E-state index contributed by atoms with van der Waals surface area (Å²) >= 11 is 0. The molecule has 0 saturated carbocycles. The highest BCUT2D eigenvalue weighted by Gasteiger charge is 2.19. The minimum absolute atomic E-state index is 0.0927. The first-order valence-corrected chi connectivity index (χ1v) is 24.0. The molecule has 3 rings (SSSR count). The third kappa shape index (κ3) is 28.5. The monoisotopic (exact) mass is 837 g/mol. The molecule has 0 atom stereocenters. The second-order valence-corrected chi connectivity index (χ2v) is 16.7.